The molecule has 22 heavy (non-hydrogen) atoms. The largest absolute Gasteiger partial charge is 0.375 e. The van der Waals surface area contributed by atoms with Crippen LogP contribution in [-0.4, -0.2) is 60.7 Å². The highest BCUT2D eigenvalue weighted by Crippen LogP contribution is 2.22. The van der Waals surface area contributed by atoms with Crippen molar-refractivity contribution in [3.05, 3.63) is 11.1 Å². The number of amides is 3. The summed E-state index contributed by atoms with van der Waals surface area (Å²) in [6, 6.07) is -0.119. The molecule has 8 heteroatoms. The molecular weight excluding hydrogens is 304 g/mol. The molecule has 0 radical (unpaired) electrons. The average molecular weight is 324 g/mol. The number of carbonyl (C=O) groups is 2. The van der Waals surface area contributed by atoms with E-state index in [4.69, 9.17) is 4.74 Å². The molecule has 0 aromatic carbocycles. The molecule has 3 rings (SSSR count). The third-order valence-corrected chi connectivity index (χ3v) is 4.82. The van der Waals surface area contributed by atoms with Gasteiger partial charge in [0.2, 0.25) is 5.91 Å². The topological polar surface area (TPSA) is 74.8 Å². The molecule has 120 valence electrons. The number of urea groups is 1. The van der Waals surface area contributed by atoms with E-state index in [1.807, 2.05) is 10.3 Å². The van der Waals surface area contributed by atoms with E-state index in [9.17, 15) is 9.59 Å². The van der Waals surface area contributed by atoms with Crippen LogP contribution < -0.4 is 10.2 Å². The lowest BCUT2D eigenvalue weighted by Crippen LogP contribution is -2.46. The molecule has 1 N–H and O–H groups in total. The van der Waals surface area contributed by atoms with Crippen LogP contribution in [0.5, 0.6) is 0 Å². The molecule has 2 aliphatic heterocycles. The molecule has 0 bridgehead atoms. The first-order chi connectivity index (χ1) is 10.7. The molecule has 2 fully saturated rings. The fourth-order valence-electron chi connectivity index (χ4n) is 2.62. The second-order valence-corrected chi connectivity index (χ2v) is 6.26. The molecule has 2 aliphatic rings. The zero-order chi connectivity index (χ0) is 15.5. The van der Waals surface area contributed by atoms with Crippen LogP contribution in [0.15, 0.2) is 5.38 Å². The van der Waals surface area contributed by atoms with E-state index in [-0.39, 0.29) is 24.5 Å². The van der Waals surface area contributed by atoms with Crippen molar-refractivity contribution in [2.24, 2.45) is 0 Å². The third kappa shape index (κ3) is 3.22. The van der Waals surface area contributed by atoms with Crippen molar-refractivity contribution in [3.63, 3.8) is 0 Å². The molecule has 2 saturated heterocycles. The molecule has 7 nitrogen and oxygen atoms in total. The van der Waals surface area contributed by atoms with Crippen LogP contribution in [-0.2, 0) is 16.0 Å². The van der Waals surface area contributed by atoms with Crippen LogP contribution in [0.2, 0.25) is 0 Å². The van der Waals surface area contributed by atoms with Crippen molar-refractivity contribution in [2.75, 3.05) is 37.7 Å². The molecule has 0 spiro atoms. The van der Waals surface area contributed by atoms with Crippen LogP contribution in [0.4, 0.5) is 9.93 Å². The minimum atomic E-state index is -0.119. The normalized spacial score (nSPS) is 22.0. The lowest BCUT2D eigenvalue weighted by atomic mass is 10.2. The van der Waals surface area contributed by atoms with Crippen molar-refractivity contribution in [3.8, 4) is 0 Å². The molecule has 1 atom stereocenters. The number of ether oxygens (including phenoxy) is 1. The van der Waals surface area contributed by atoms with E-state index in [0.29, 0.717) is 37.9 Å². The Bertz CT molecular complexity index is 562. The SMILES string of the molecule is CCC1CN(C(=O)Cc2csc(N3CCNC3=O)n2)CCO1. The van der Waals surface area contributed by atoms with Gasteiger partial charge in [0.25, 0.3) is 0 Å². The molecule has 1 unspecified atom stereocenters. The second kappa shape index (κ2) is 6.62. The molecule has 0 aliphatic carbocycles. The van der Waals surface area contributed by atoms with Crippen LogP contribution in [0.25, 0.3) is 0 Å². The van der Waals surface area contributed by atoms with Crippen molar-refractivity contribution in [1.29, 1.82) is 0 Å². The maximum atomic E-state index is 12.4. The lowest BCUT2D eigenvalue weighted by Gasteiger charge is -2.32. The van der Waals surface area contributed by atoms with Gasteiger partial charge in [-0.05, 0) is 6.42 Å². The van der Waals surface area contributed by atoms with Crippen molar-refractivity contribution in [2.45, 2.75) is 25.9 Å². The van der Waals surface area contributed by atoms with E-state index >= 15 is 0 Å². The van der Waals surface area contributed by atoms with Gasteiger partial charge >= 0.3 is 6.03 Å². The van der Waals surface area contributed by atoms with E-state index < -0.39 is 0 Å². The average Bonchev–Trinajstić information content (AvgIpc) is 3.16. The Morgan fingerprint density at radius 1 is 1.55 bits per heavy atom. The summed E-state index contributed by atoms with van der Waals surface area (Å²) in [6.45, 7) is 5.22. The van der Waals surface area contributed by atoms with E-state index in [2.05, 4.69) is 17.2 Å². The smallest absolute Gasteiger partial charge is 0.323 e. The number of thiazole rings is 1. The number of morpholine rings is 1. The summed E-state index contributed by atoms with van der Waals surface area (Å²) >= 11 is 1.40. The van der Waals surface area contributed by atoms with Gasteiger partial charge in [0.1, 0.15) is 0 Å². The Labute approximate surface area is 133 Å². The molecule has 3 amide bonds. The zero-order valence-corrected chi connectivity index (χ0v) is 13.4. The number of hydrogen-bond acceptors (Lipinski definition) is 5. The van der Waals surface area contributed by atoms with Gasteiger partial charge < -0.3 is 15.0 Å². The highest BCUT2D eigenvalue weighted by molar-refractivity contribution is 7.14. The Morgan fingerprint density at radius 3 is 3.14 bits per heavy atom. The van der Waals surface area contributed by atoms with Crippen LogP contribution in [0.1, 0.15) is 19.0 Å². The van der Waals surface area contributed by atoms with Crippen molar-refractivity contribution in [1.82, 2.24) is 15.2 Å². The number of hydrogen-bond donors (Lipinski definition) is 1. The predicted octanol–water partition coefficient (Wildman–Crippen LogP) is 0.853. The standard InChI is InChI=1S/C14H20N4O3S/c1-2-11-8-17(5-6-21-11)12(19)7-10-9-22-14(16-10)18-4-3-15-13(18)20/h9,11H,2-8H2,1H3,(H,15,20). The summed E-state index contributed by atoms with van der Waals surface area (Å²) < 4.78 is 5.58. The molecule has 0 saturated carbocycles. The van der Waals surface area contributed by atoms with E-state index in [1.54, 1.807) is 4.90 Å². The Kier molecular flexibility index (Phi) is 4.58. The van der Waals surface area contributed by atoms with Gasteiger partial charge in [0.05, 0.1) is 24.8 Å². The number of nitrogens with one attached hydrogen (secondary N) is 1. The van der Waals surface area contributed by atoms with Gasteiger partial charge in [-0.1, -0.05) is 6.92 Å². The van der Waals surface area contributed by atoms with Gasteiger partial charge in [-0.2, -0.15) is 0 Å². The zero-order valence-electron chi connectivity index (χ0n) is 12.6. The first-order valence-electron chi connectivity index (χ1n) is 7.56. The number of rotatable bonds is 4. The number of carbonyl (C=O) groups excluding carboxylic acids is 2. The summed E-state index contributed by atoms with van der Waals surface area (Å²) in [5, 5.41) is 5.26. The first kappa shape index (κ1) is 15.2. The number of nitrogens with zero attached hydrogens (tertiary/aromatic N) is 3. The predicted molar refractivity (Wildman–Crippen MR) is 83.2 cm³/mol. The van der Waals surface area contributed by atoms with E-state index in [1.165, 1.54) is 11.3 Å². The van der Waals surface area contributed by atoms with Crippen LogP contribution >= 0.6 is 11.3 Å². The highest BCUT2D eigenvalue weighted by Gasteiger charge is 2.26. The minimum absolute atomic E-state index is 0.0736. The molecule has 1 aromatic heterocycles. The van der Waals surface area contributed by atoms with Gasteiger partial charge in [-0.25, -0.2) is 9.78 Å². The number of anilines is 1. The summed E-state index contributed by atoms with van der Waals surface area (Å²) in [4.78, 5) is 31.9. The first-order valence-corrected chi connectivity index (χ1v) is 8.44. The maximum absolute atomic E-state index is 12.4. The second-order valence-electron chi connectivity index (χ2n) is 5.42. The van der Waals surface area contributed by atoms with Gasteiger partial charge in [0, 0.05) is 31.6 Å². The Balaban J connectivity index is 1.60. The Hall–Kier alpha value is -1.67. The highest BCUT2D eigenvalue weighted by atomic mass is 32.1. The minimum Gasteiger partial charge on any atom is -0.375 e. The summed E-state index contributed by atoms with van der Waals surface area (Å²) in [7, 11) is 0. The van der Waals surface area contributed by atoms with Crippen LogP contribution in [0.3, 0.4) is 0 Å². The third-order valence-electron chi connectivity index (χ3n) is 3.91. The molecule has 3 heterocycles. The quantitative estimate of drug-likeness (QED) is 0.891. The molecular formula is C14H20N4O3S. The summed E-state index contributed by atoms with van der Waals surface area (Å²) in [6.07, 6.45) is 1.33. The number of aromatic nitrogens is 1. The van der Waals surface area contributed by atoms with Crippen molar-refractivity contribution >= 4 is 28.4 Å². The van der Waals surface area contributed by atoms with Crippen molar-refractivity contribution < 1.29 is 14.3 Å². The van der Waals surface area contributed by atoms with Crippen LogP contribution in [0, 0.1) is 0 Å². The monoisotopic (exact) mass is 324 g/mol. The van der Waals surface area contributed by atoms with E-state index in [0.717, 1.165) is 12.1 Å². The van der Waals surface area contributed by atoms with Gasteiger partial charge in [-0.3, -0.25) is 9.69 Å². The summed E-state index contributed by atoms with van der Waals surface area (Å²) in [5.74, 6) is 0.0736. The molecule has 1 aromatic rings. The fourth-order valence-corrected chi connectivity index (χ4v) is 3.46. The van der Waals surface area contributed by atoms with Gasteiger partial charge in [0.15, 0.2) is 5.13 Å². The van der Waals surface area contributed by atoms with Gasteiger partial charge in [-0.15, -0.1) is 11.3 Å². The Morgan fingerprint density at radius 2 is 2.41 bits per heavy atom. The summed E-state index contributed by atoms with van der Waals surface area (Å²) in [5.41, 5.74) is 0.726. The fraction of sp³-hybridized carbons (Fsp3) is 0.643. The lowest BCUT2D eigenvalue weighted by molar-refractivity contribution is -0.138. The maximum Gasteiger partial charge on any atom is 0.323 e.